The fraction of sp³-hybridized carbons (Fsp3) is 0.526. The highest BCUT2D eigenvalue weighted by Crippen LogP contribution is 2.34. The summed E-state index contributed by atoms with van der Waals surface area (Å²) < 4.78 is 11.4. The SMILES string of the molecule is CC(C)(C)OC(=O)N1[C@@H](Cc2c[nH]c3cccc([N+](=O)[O-])c23)COC1(C)C. The number of non-ortho nitro benzene ring substituents is 1. The Morgan fingerprint density at radius 3 is 2.78 bits per heavy atom. The standard InChI is InChI=1S/C19H25N3O5/c1-18(2,3)27-17(23)21-13(11-26-19(21,4)5)9-12-10-20-14-7-6-8-15(16(12)14)22(24)25/h6-8,10,13,20H,9,11H2,1-5H3/t13-/m0/s1. The molecule has 1 aliphatic rings. The van der Waals surface area contributed by atoms with E-state index in [-0.39, 0.29) is 16.7 Å². The van der Waals surface area contributed by atoms with Crippen molar-refractivity contribution in [3.63, 3.8) is 0 Å². The van der Waals surface area contributed by atoms with Gasteiger partial charge in [0.05, 0.1) is 28.5 Å². The van der Waals surface area contributed by atoms with E-state index in [1.54, 1.807) is 23.2 Å². The van der Waals surface area contributed by atoms with Crippen LogP contribution in [0.4, 0.5) is 10.5 Å². The summed E-state index contributed by atoms with van der Waals surface area (Å²) in [6.07, 6.45) is 1.73. The first-order valence-electron chi connectivity index (χ1n) is 8.89. The van der Waals surface area contributed by atoms with E-state index in [0.717, 1.165) is 5.56 Å². The average molecular weight is 375 g/mol. The molecule has 2 heterocycles. The van der Waals surface area contributed by atoms with E-state index in [1.807, 2.05) is 34.6 Å². The Morgan fingerprint density at radius 1 is 1.44 bits per heavy atom. The average Bonchev–Trinajstić information content (AvgIpc) is 3.06. The molecule has 3 rings (SSSR count). The number of amides is 1. The highest BCUT2D eigenvalue weighted by Gasteiger charge is 2.45. The molecule has 27 heavy (non-hydrogen) atoms. The number of nitro groups is 1. The van der Waals surface area contributed by atoms with Gasteiger partial charge in [-0.1, -0.05) is 6.07 Å². The molecule has 8 heteroatoms. The van der Waals surface area contributed by atoms with E-state index in [1.165, 1.54) is 6.07 Å². The van der Waals surface area contributed by atoms with Gasteiger partial charge in [0.25, 0.3) is 5.69 Å². The number of aromatic nitrogens is 1. The zero-order valence-corrected chi connectivity index (χ0v) is 16.2. The highest BCUT2D eigenvalue weighted by atomic mass is 16.6. The van der Waals surface area contributed by atoms with Gasteiger partial charge in [0.1, 0.15) is 11.3 Å². The first kappa shape index (κ1) is 19.2. The number of hydrogen-bond donors (Lipinski definition) is 1. The fourth-order valence-electron chi connectivity index (χ4n) is 3.52. The van der Waals surface area contributed by atoms with E-state index in [0.29, 0.717) is 23.9 Å². The van der Waals surface area contributed by atoms with E-state index in [4.69, 9.17) is 9.47 Å². The highest BCUT2D eigenvalue weighted by molar-refractivity contribution is 5.92. The van der Waals surface area contributed by atoms with Crippen LogP contribution in [0, 0.1) is 10.1 Å². The van der Waals surface area contributed by atoms with E-state index < -0.39 is 17.4 Å². The first-order valence-corrected chi connectivity index (χ1v) is 8.89. The molecule has 1 aliphatic heterocycles. The van der Waals surface area contributed by atoms with Crippen molar-refractivity contribution >= 4 is 22.7 Å². The van der Waals surface area contributed by atoms with Crippen LogP contribution in [0.5, 0.6) is 0 Å². The molecular formula is C19H25N3O5. The number of H-pyrrole nitrogens is 1. The van der Waals surface area contributed by atoms with Gasteiger partial charge < -0.3 is 14.5 Å². The van der Waals surface area contributed by atoms with Crippen molar-refractivity contribution < 1.29 is 19.2 Å². The molecule has 1 N–H and O–H groups in total. The molecule has 1 saturated heterocycles. The smallest absolute Gasteiger partial charge is 0.412 e. The molecule has 146 valence electrons. The number of ether oxygens (including phenoxy) is 2. The molecule has 1 aromatic heterocycles. The van der Waals surface area contributed by atoms with Gasteiger partial charge in [-0.25, -0.2) is 4.79 Å². The maximum absolute atomic E-state index is 12.8. The largest absolute Gasteiger partial charge is 0.444 e. The number of hydrogen-bond acceptors (Lipinski definition) is 5. The van der Waals surface area contributed by atoms with Gasteiger partial charge in [-0.15, -0.1) is 0 Å². The Hall–Kier alpha value is -2.61. The molecule has 8 nitrogen and oxygen atoms in total. The van der Waals surface area contributed by atoms with E-state index in [2.05, 4.69) is 4.98 Å². The zero-order valence-electron chi connectivity index (χ0n) is 16.2. The van der Waals surface area contributed by atoms with Gasteiger partial charge in [-0.3, -0.25) is 15.0 Å². The minimum atomic E-state index is -0.814. The van der Waals surface area contributed by atoms with Gasteiger partial charge in [0.2, 0.25) is 0 Å². The summed E-state index contributed by atoms with van der Waals surface area (Å²) in [7, 11) is 0. The summed E-state index contributed by atoms with van der Waals surface area (Å²) in [6.45, 7) is 9.40. The van der Waals surface area contributed by atoms with Crippen LogP contribution in [0.15, 0.2) is 24.4 Å². The van der Waals surface area contributed by atoms with Crippen molar-refractivity contribution in [3.05, 3.63) is 40.1 Å². The summed E-state index contributed by atoms with van der Waals surface area (Å²) in [6, 6.07) is 4.65. The van der Waals surface area contributed by atoms with E-state index >= 15 is 0 Å². The van der Waals surface area contributed by atoms with Crippen molar-refractivity contribution in [2.24, 2.45) is 0 Å². The van der Waals surface area contributed by atoms with Crippen molar-refractivity contribution in [3.8, 4) is 0 Å². The molecule has 2 aromatic rings. The van der Waals surface area contributed by atoms with Crippen molar-refractivity contribution in [1.29, 1.82) is 0 Å². The summed E-state index contributed by atoms with van der Waals surface area (Å²) in [4.78, 5) is 28.5. The number of rotatable bonds is 3. The number of nitrogens with zero attached hydrogens (tertiary/aromatic N) is 2. The van der Waals surface area contributed by atoms with Crippen LogP contribution >= 0.6 is 0 Å². The molecule has 0 unspecified atom stereocenters. The van der Waals surface area contributed by atoms with Gasteiger partial charge in [0, 0.05) is 12.3 Å². The third kappa shape index (κ3) is 3.75. The van der Waals surface area contributed by atoms with Crippen LogP contribution in [-0.4, -0.2) is 44.9 Å². The molecule has 0 bridgehead atoms. The van der Waals surface area contributed by atoms with Crippen molar-refractivity contribution in [2.45, 2.75) is 58.4 Å². The summed E-state index contributed by atoms with van der Waals surface area (Å²) in [5.41, 5.74) is 0.0781. The monoisotopic (exact) mass is 375 g/mol. The van der Waals surface area contributed by atoms with Crippen LogP contribution in [0.2, 0.25) is 0 Å². The number of nitro benzene ring substituents is 1. The number of carbonyl (C=O) groups excluding carboxylic acids is 1. The first-order chi connectivity index (χ1) is 12.5. The minimum Gasteiger partial charge on any atom is -0.444 e. The van der Waals surface area contributed by atoms with E-state index in [9.17, 15) is 14.9 Å². The number of fused-ring (bicyclic) bond motifs is 1. The summed E-state index contributed by atoms with van der Waals surface area (Å²) >= 11 is 0. The maximum Gasteiger partial charge on any atom is 0.412 e. The van der Waals surface area contributed by atoms with Gasteiger partial charge in [-0.2, -0.15) is 0 Å². The summed E-state index contributed by atoms with van der Waals surface area (Å²) in [5.74, 6) is 0. The molecule has 0 saturated carbocycles. The molecule has 0 spiro atoms. The molecular weight excluding hydrogens is 350 g/mol. The second kappa shape index (κ2) is 6.53. The Labute approximate surface area is 157 Å². The Balaban J connectivity index is 1.94. The number of carbonyl (C=O) groups is 1. The lowest BCUT2D eigenvalue weighted by Gasteiger charge is -2.35. The van der Waals surface area contributed by atoms with Crippen LogP contribution in [-0.2, 0) is 15.9 Å². The molecule has 0 radical (unpaired) electrons. The lowest BCUT2D eigenvalue weighted by molar-refractivity contribution is -0.383. The topological polar surface area (TPSA) is 97.7 Å². The quantitative estimate of drug-likeness (QED) is 0.646. The summed E-state index contributed by atoms with van der Waals surface area (Å²) in [5, 5.41) is 12.0. The van der Waals surface area contributed by atoms with Gasteiger partial charge >= 0.3 is 6.09 Å². The second-order valence-electron chi connectivity index (χ2n) is 8.24. The van der Waals surface area contributed by atoms with Crippen LogP contribution in [0.25, 0.3) is 10.9 Å². The lowest BCUT2D eigenvalue weighted by atomic mass is 10.0. The molecule has 1 aromatic carbocycles. The van der Waals surface area contributed by atoms with Crippen LogP contribution in [0.1, 0.15) is 40.2 Å². The number of benzene rings is 1. The molecule has 1 amide bonds. The lowest BCUT2D eigenvalue weighted by Crippen LogP contribution is -2.50. The van der Waals surface area contributed by atoms with Crippen LogP contribution < -0.4 is 0 Å². The second-order valence-corrected chi connectivity index (χ2v) is 8.24. The molecule has 1 fully saturated rings. The fourth-order valence-corrected chi connectivity index (χ4v) is 3.52. The van der Waals surface area contributed by atoms with Crippen molar-refractivity contribution in [2.75, 3.05) is 6.61 Å². The molecule has 1 atom stereocenters. The van der Waals surface area contributed by atoms with Crippen molar-refractivity contribution in [1.82, 2.24) is 9.88 Å². The Kier molecular flexibility index (Phi) is 4.63. The third-order valence-corrected chi connectivity index (χ3v) is 4.58. The number of nitrogens with one attached hydrogen (secondary N) is 1. The normalized spacial score (nSPS) is 19.4. The zero-order chi connectivity index (χ0) is 20.0. The Morgan fingerprint density at radius 2 is 2.15 bits per heavy atom. The maximum atomic E-state index is 12.8. The minimum absolute atomic E-state index is 0.0470. The number of aromatic amines is 1. The third-order valence-electron chi connectivity index (χ3n) is 4.58. The van der Waals surface area contributed by atoms with Crippen LogP contribution in [0.3, 0.4) is 0 Å². The predicted octanol–water partition coefficient (Wildman–Crippen LogP) is 3.99. The predicted molar refractivity (Wildman–Crippen MR) is 101 cm³/mol. The Bertz CT molecular complexity index is 881. The van der Waals surface area contributed by atoms with Gasteiger partial charge in [-0.05, 0) is 52.7 Å². The molecule has 0 aliphatic carbocycles. The van der Waals surface area contributed by atoms with Gasteiger partial charge in [0.15, 0.2) is 0 Å².